The van der Waals surface area contributed by atoms with Gasteiger partial charge < -0.3 is 5.32 Å². The van der Waals surface area contributed by atoms with E-state index in [-0.39, 0.29) is 0 Å². The number of anilines is 1. The third kappa shape index (κ3) is 3.38. The summed E-state index contributed by atoms with van der Waals surface area (Å²) in [7, 11) is 0. The molecule has 20 heavy (non-hydrogen) atoms. The van der Waals surface area contributed by atoms with Gasteiger partial charge in [-0.15, -0.1) is 0 Å². The van der Waals surface area contributed by atoms with Gasteiger partial charge in [0.2, 0.25) is 0 Å². The Bertz CT molecular complexity index is 498. The summed E-state index contributed by atoms with van der Waals surface area (Å²) in [5.74, 6) is 0.934. The topological polar surface area (TPSA) is 42.7 Å². The van der Waals surface area contributed by atoms with Crippen LogP contribution in [0.25, 0.3) is 5.69 Å². The second kappa shape index (κ2) is 6.55. The quantitative estimate of drug-likeness (QED) is 0.901. The summed E-state index contributed by atoms with van der Waals surface area (Å²) in [4.78, 5) is 1.63. The number of hydrogen-bond donors (Lipinski definition) is 1. The zero-order chi connectivity index (χ0) is 13.6. The van der Waals surface area contributed by atoms with E-state index in [1.54, 1.807) is 17.2 Å². The van der Waals surface area contributed by atoms with Gasteiger partial charge in [-0.25, -0.2) is 0 Å². The monoisotopic (exact) mass is 270 g/mol. The summed E-state index contributed by atoms with van der Waals surface area (Å²) < 4.78 is 0. The molecule has 4 heteroatoms. The van der Waals surface area contributed by atoms with Gasteiger partial charge in [0.15, 0.2) is 0 Å². The van der Waals surface area contributed by atoms with Crippen molar-refractivity contribution in [2.75, 3.05) is 11.9 Å². The molecule has 3 rings (SSSR count). The highest BCUT2D eigenvalue weighted by atomic mass is 15.5. The predicted molar refractivity (Wildman–Crippen MR) is 81.0 cm³/mol. The van der Waals surface area contributed by atoms with Crippen LogP contribution in [-0.4, -0.2) is 21.5 Å². The van der Waals surface area contributed by atoms with Crippen molar-refractivity contribution in [1.82, 2.24) is 15.0 Å². The van der Waals surface area contributed by atoms with Gasteiger partial charge >= 0.3 is 0 Å². The average Bonchev–Trinajstić information content (AvgIpc) is 3.03. The van der Waals surface area contributed by atoms with Crippen LogP contribution in [-0.2, 0) is 0 Å². The van der Waals surface area contributed by atoms with Crippen LogP contribution in [0.2, 0.25) is 0 Å². The third-order valence-electron chi connectivity index (χ3n) is 4.12. The summed E-state index contributed by atoms with van der Waals surface area (Å²) in [5.41, 5.74) is 2.17. The Labute approximate surface area is 120 Å². The second-order valence-electron chi connectivity index (χ2n) is 5.58. The Balaban J connectivity index is 1.48. The largest absolute Gasteiger partial charge is 0.385 e. The Morgan fingerprint density at radius 3 is 2.40 bits per heavy atom. The van der Waals surface area contributed by atoms with Crippen molar-refractivity contribution >= 4 is 5.69 Å². The molecule has 2 aromatic rings. The maximum absolute atomic E-state index is 4.12. The predicted octanol–water partition coefficient (Wildman–Crippen LogP) is 3.65. The smallest absolute Gasteiger partial charge is 0.0858 e. The summed E-state index contributed by atoms with van der Waals surface area (Å²) in [6.07, 6.45) is 11.8. The first-order valence-corrected chi connectivity index (χ1v) is 7.62. The molecule has 0 bridgehead atoms. The molecule has 0 aliphatic heterocycles. The van der Waals surface area contributed by atoms with Crippen molar-refractivity contribution in [3.8, 4) is 5.69 Å². The van der Waals surface area contributed by atoms with Gasteiger partial charge in [0.25, 0.3) is 0 Å². The van der Waals surface area contributed by atoms with Crippen molar-refractivity contribution in [2.24, 2.45) is 5.92 Å². The Morgan fingerprint density at radius 2 is 1.70 bits per heavy atom. The van der Waals surface area contributed by atoms with Crippen LogP contribution in [0.3, 0.4) is 0 Å². The summed E-state index contributed by atoms with van der Waals surface area (Å²) >= 11 is 0. The lowest BCUT2D eigenvalue weighted by Gasteiger charge is -2.21. The molecule has 0 radical (unpaired) electrons. The fraction of sp³-hybridized carbons (Fsp3) is 0.500. The van der Waals surface area contributed by atoms with Crippen LogP contribution in [0.5, 0.6) is 0 Å². The maximum atomic E-state index is 4.12. The van der Waals surface area contributed by atoms with E-state index in [9.17, 15) is 0 Å². The highest BCUT2D eigenvalue weighted by Crippen LogP contribution is 2.26. The van der Waals surface area contributed by atoms with E-state index in [2.05, 4.69) is 27.6 Å². The van der Waals surface area contributed by atoms with Crippen molar-refractivity contribution in [3.63, 3.8) is 0 Å². The standard InChI is InChI=1S/C16H22N4/c1-2-4-14(5-3-1)10-11-17-15-6-8-16(9-7-15)20-18-12-13-19-20/h6-9,12-14,17H,1-5,10-11H2. The lowest BCUT2D eigenvalue weighted by molar-refractivity contribution is 0.345. The third-order valence-corrected chi connectivity index (χ3v) is 4.12. The van der Waals surface area contributed by atoms with Gasteiger partial charge in [-0.3, -0.25) is 0 Å². The van der Waals surface area contributed by atoms with Crippen LogP contribution < -0.4 is 5.32 Å². The van der Waals surface area contributed by atoms with E-state index in [0.29, 0.717) is 0 Å². The number of benzene rings is 1. The minimum Gasteiger partial charge on any atom is -0.385 e. The molecule has 1 fully saturated rings. The molecule has 4 nitrogen and oxygen atoms in total. The van der Waals surface area contributed by atoms with Crippen molar-refractivity contribution in [2.45, 2.75) is 38.5 Å². The van der Waals surface area contributed by atoms with Crippen LogP contribution in [0.1, 0.15) is 38.5 Å². The normalized spacial score (nSPS) is 16.2. The van der Waals surface area contributed by atoms with Gasteiger partial charge in [0.1, 0.15) is 0 Å². The Kier molecular flexibility index (Phi) is 4.31. The minimum absolute atomic E-state index is 0.934. The Hall–Kier alpha value is -1.84. The molecule has 0 atom stereocenters. The molecule has 1 saturated carbocycles. The van der Waals surface area contributed by atoms with Crippen molar-refractivity contribution < 1.29 is 0 Å². The molecule has 1 aliphatic rings. The molecule has 1 N–H and O–H groups in total. The lowest BCUT2D eigenvalue weighted by atomic mass is 9.87. The molecule has 1 aromatic carbocycles. The van der Waals surface area contributed by atoms with E-state index in [0.717, 1.165) is 18.2 Å². The fourth-order valence-corrected chi connectivity index (χ4v) is 2.96. The van der Waals surface area contributed by atoms with Gasteiger partial charge in [0.05, 0.1) is 18.1 Å². The molecule has 0 unspecified atom stereocenters. The average molecular weight is 270 g/mol. The molecular formula is C16H22N4. The number of rotatable bonds is 5. The van der Waals surface area contributed by atoms with Crippen molar-refractivity contribution in [1.29, 1.82) is 0 Å². The van der Waals surface area contributed by atoms with E-state index < -0.39 is 0 Å². The zero-order valence-corrected chi connectivity index (χ0v) is 11.8. The van der Waals surface area contributed by atoms with Gasteiger partial charge in [0, 0.05) is 12.2 Å². The molecule has 0 amide bonds. The fourth-order valence-electron chi connectivity index (χ4n) is 2.96. The first-order chi connectivity index (χ1) is 9.92. The van der Waals surface area contributed by atoms with Crippen LogP contribution in [0.15, 0.2) is 36.7 Å². The summed E-state index contributed by atoms with van der Waals surface area (Å²) in [5, 5.41) is 11.8. The second-order valence-corrected chi connectivity index (χ2v) is 5.58. The first-order valence-electron chi connectivity index (χ1n) is 7.62. The number of hydrogen-bond acceptors (Lipinski definition) is 3. The molecule has 1 aliphatic carbocycles. The highest BCUT2D eigenvalue weighted by molar-refractivity contribution is 5.48. The zero-order valence-electron chi connectivity index (χ0n) is 11.8. The van der Waals surface area contributed by atoms with Crippen LogP contribution in [0.4, 0.5) is 5.69 Å². The van der Waals surface area contributed by atoms with E-state index in [4.69, 9.17) is 0 Å². The molecule has 0 saturated heterocycles. The molecule has 1 heterocycles. The van der Waals surface area contributed by atoms with Crippen LogP contribution in [0, 0.1) is 5.92 Å². The minimum atomic E-state index is 0.934. The number of nitrogens with one attached hydrogen (secondary N) is 1. The lowest BCUT2D eigenvalue weighted by Crippen LogP contribution is -2.12. The van der Waals surface area contributed by atoms with Gasteiger partial charge in [-0.05, 0) is 36.6 Å². The number of aromatic nitrogens is 3. The van der Waals surface area contributed by atoms with E-state index in [1.807, 2.05) is 12.1 Å². The SMILES string of the molecule is c1cnn(-c2ccc(NCCC3CCCCC3)cc2)n1. The van der Waals surface area contributed by atoms with Crippen LogP contribution >= 0.6 is 0 Å². The van der Waals surface area contributed by atoms with E-state index in [1.165, 1.54) is 44.2 Å². The van der Waals surface area contributed by atoms with E-state index >= 15 is 0 Å². The molecule has 0 spiro atoms. The highest BCUT2D eigenvalue weighted by Gasteiger charge is 2.12. The summed E-state index contributed by atoms with van der Waals surface area (Å²) in [6, 6.07) is 8.28. The summed E-state index contributed by atoms with van der Waals surface area (Å²) in [6.45, 7) is 1.07. The molecular weight excluding hydrogens is 248 g/mol. The Morgan fingerprint density at radius 1 is 1.00 bits per heavy atom. The van der Waals surface area contributed by atoms with Gasteiger partial charge in [-0.2, -0.15) is 15.0 Å². The van der Waals surface area contributed by atoms with Gasteiger partial charge in [-0.1, -0.05) is 32.1 Å². The molecule has 1 aromatic heterocycles. The van der Waals surface area contributed by atoms with Crippen molar-refractivity contribution in [3.05, 3.63) is 36.7 Å². The first kappa shape index (κ1) is 13.2. The molecule has 106 valence electrons. The number of nitrogens with zero attached hydrogens (tertiary/aromatic N) is 3. The maximum Gasteiger partial charge on any atom is 0.0858 e.